The van der Waals surface area contributed by atoms with Crippen LogP contribution in [0.5, 0.6) is 0 Å². The zero-order chi connectivity index (χ0) is 14.7. The standard InChI is InChI=1S/C12H9BrFN3O2S/c13-10-4-3-9(20-10)12(18)16-8-2-1-6(5-7(8)14)11(15)17-19/h1-5,19H,(H2,15,17)(H,16,18). The minimum Gasteiger partial charge on any atom is -0.409 e. The van der Waals surface area contributed by atoms with Crippen LogP contribution in [0.3, 0.4) is 0 Å². The number of oxime groups is 1. The Balaban J connectivity index is 2.20. The van der Waals surface area contributed by atoms with E-state index in [9.17, 15) is 9.18 Å². The average Bonchev–Trinajstić information content (AvgIpc) is 2.86. The van der Waals surface area contributed by atoms with Crippen LogP contribution in [0.4, 0.5) is 10.1 Å². The van der Waals surface area contributed by atoms with Crippen LogP contribution in [-0.4, -0.2) is 17.0 Å². The third-order valence-corrected chi connectivity index (χ3v) is 4.04. The van der Waals surface area contributed by atoms with Gasteiger partial charge in [-0.15, -0.1) is 11.3 Å². The molecule has 0 atom stereocenters. The molecule has 0 saturated heterocycles. The van der Waals surface area contributed by atoms with Crippen molar-refractivity contribution in [3.63, 3.8) is 0 Å². The first-order valence-electron chi connectivity index (χ1n) is 5.35. The molecule has 8 heteroatoms. The fourth-order valence-corrected chi connectivity index (χ4v) is 2.74. The SMILES string of the molecule is N/C(=N/O)c1ccc(NC(=O)c2ccc(Br)s2)c(F)c1. The molecule has 0 saturated carbocycles. The summed E-state index contributed by atoms with van der Waals surface area (Å²) in [6.07, 6.45) is 0. The predicted molar refractivity (Wildman–Crippen MR) is 78.9 cm³/mol. The molecule has 0 fully saturated rings. The Morgan fingerprint density at radius 1 is 1.40 bits per heavy atom. The Morgan fingerprint density at radius 2 is 2.15 bits per heavy atom. The molecule has 1 aromatic carbocycles. The van der Waals surface area contributed by atoms with E-state index in [-0.39, 0.29) is 17.1 Å². The van der Waals surface area contributed by atoms with Crippen LogP contribution in [0.2, 0.25) is 0 Å². The molecule has 2 rings (SSSR count). The van der Waals surface area contributed by atoms with E-state index in [1.807, 2.05) is 0 Å². The molecule has 1 aromatic heterocycles. The number of rotatable bonds is 3. The second kappa shape index (κ2) is 6.02. The van der Waals surface area contributed by atoms with Crippen LogP contribution in [0, 0.1) is 5.82 Å². The number of carbonyl (C=O) groups excluding carboxylic acids is 1. The van der Waals surface area contributed by atoms with E-state index >= 15 is 0 Å². The second-order valence-electron chi connectivity index (χ2n) is 3.74. The topological polar surface area (TPSA) is 87.7 Å². The Hall–Kier alpha value is -1.93. The second-order valence-corrected chi connectivity index (χ2v) is 6.20. The highest BCUT2D eigenvalue weighted by atomic mass is 79.9. The molecule has 0 aliphatic heterocycles. The number of hydrogen-bond donors (Lipinski definition) is 3. The van der Waals surface area contributed by atoms with Gasteiger partial charge in [0, 0.05) is 5.56 Å². The lowest BCUT2D eigenvalue weighted by Gasteiger charge is -2.06. The molecule has 20 heavy (non-hydrogen) atoms. The van der Waals surface area contributed by atoms with E-state index in [0.29, 0.717) is 4.88 Å². The van der Waals surface area contributed by atoms with Crippen LogP contribution in [0.15, 0.2) is 39.3 Å². The Morgan fingerprint density at radius 3 is 2.70 bits per heavy atom. The number of nitrogens with two attached hydrogens (primary N) is 1. The molecule has 104 valence electrons. The van der Waals surface area contributed by atoms with Gasteiger partial charge in [-0.25, -0.2) is 4.39 Å². The molecule has 0 spiro atoms. The third kappa shape index (κ3) is 3.14. The van der Waals surface area contributed by atoms with E-state index < -0.39 is 11.7 Å². The first-order valence-corrected chi connectivity index (χ1v) is 6.96. The van der Waals surface area contributed by atoms with Gasteiger partial charge in [0.1, 0.15) is 5.82 Å². The molecule has 0 aliphatic carbocycles. The van der Waals surface area contributed by atoms with Gasteiger partial charge in [0.15, 0.2) is 5.84 Å². The number of nitrogens with one attached hydrogen (secondary N) is 1. The predicted octanol–water partition coefficient (Wildman–Crippen LogP) is 3.00. The highest BCUT2D eigenvalue weighted by Gasteiger charge is 2.12. The van der Waals surface area contributed by atoms with Gasteiger partial charge in [0.25, 0.3) is 5.91 Å². The number of halogens is 2. The summed E-state index contributed by atoms with van der Waals surface area (Å²) in [5, 5.41) is 13.7. The Kier molecular flexibility index (Phi) is 4.35. The van der Waals surface area contributed by atoms with Gasteiger partial charge in [-0.1, -0.05) is 5.16 Å². The number of amides is 1. The average molecular weight is 358 g/mol. The lowest BCUT2D eigenvalue weighted by Crippen LogP contribution is -2.15. The first kappa shape index (κ1) is 14.5. The van der Waals surface area contributed by atoms with Crippen LogP contribution in [-0.2, 0) is 0 Å². The van der Waals surface area contributed by atoms with Crippen molar-refractivity contribution in [2.24, 2.45) is 10.9 Å². The molecule has 4 N–H and O–H groups in total. The van der Waals surface area contributed by atoms with Gasteiger partial charge >= 0.3 is 0 Å². The zero-order valence-electron chi connectivity index (χ0n) is 9.93. The van der Waals surface area contributed by atoms with Crippen molar-refractivity contribution >= 4 is 44.7 Å². The summed E-state index contributed by atoms with van der Waals surface area (Å²) < 4.78 is 14.6. The van der Waals surface area contributed by atoms with Crippen LogP contribution >= 0.6 is 27.3 Å². The van der Waals surface area contributed by atoms with Gasteiger partial charge in [-0.3, -0.25) is 4.79 Å². The van der Waals surface area contributed by atoms with Crippen molar-refractivity contribution < 1.29 is 14.4 Å². The molecule has 0 bridgehead atoms. The largest absolute Gasteiger partial charge is 0.409 e. The summed E-state index contributed by atoms with van der Waals surface area (Å²) in [7, 11) is 0. The molecule has 2 aromatic rings. The fraction of sp³-hybridized carbons (Fsp3) is 0. The van der Waals surface area contributed by atoms with Crippen LogP contribution in [0.25, 0.3) is 0 Å². The summed E-state index contributed by atoms with van der Waals surface area (Å²) in [6.45, 7) is 0. The van der Waals surface area contributed by atoms with Crippen molar-refractivity contribution in [1.29, 1.82) is 0 Å². The number of hydrogen-bond acceptors (Lipinski definition) is 4. The van der Waals surface area contributed by atoms with Crippen LogP contribution < -0.4 is 11.1 Å². The highest BCUT2D eigenvalue weighted by Crippen LogP contribution is 2.24. The number of benzene rings is 1. The summed E-state index contributed by atoms with van der Waals surface area (Å²) >= 11 is 4.49. The Bertz CT molecular complexity index is 687. The molecule has 1 heterocycles. The van der Waals surface area contributed by atoms with E-state index in [1.54, 1.807) is 12.1 Å². The number of amidine groups is 1. The molecule has 0 aliphatic rings. The lowest BCUT2D eigenvalue weighted by atomic mass is 10.2. The molecule has 1 amide bonds. The van der Waals surface area contributed by atoms with Gasteiger partial charge in [0.2, 0.25) is 0 Å². The van der Waals surface area contributed by atoms with E-state index in [0.717, 1.165) is 9.85 Å². The van der Waals surface area contributed by atoms with Crippen molar-refractivity contribution in [2.45, 2.75) is 0 Å². The first-order chi connectivity index (χ1) is 9.51. The highest BCUT2D eigenvalue weighted by molar-refractivity contribution is 9.11. The normalized spacial score (nSPS) is 11.4. The van der Waals surface area contributed by atoms with Crippen molar-refractivity contribution in [3.05, 3.63) is 50.4 Å². The molecular formula is C12H9BrFN3O2S. The van der Waals surface area contributed by atoms with Gasteiger partial charge in [0.05, 0.1) is 14.4 Å². The number of anilines is 1. The van der Waals surface area contributed by atoms with Gasteiger partial charge < -0.3 is 16.3 Å². The number of nitrogens with zero attached hydrogens (tertiary/aromatic N) is 1. The number of carbonyl (C=O) groups is 1. The maximum Gasteiger partial charge on any atom is 0.265 e. The quantitative estimate of drug-likeness (QED) is 0.341. The van der Waals surface area contributed by atoms with E-state index in [4.69, 9.17) is 10.9 Å². The summed E-state index contributed by atoms with van der Waals surface area (Å²) in [5.74, 6) is -1.28. The summed E-state index contributed by atoms with van der Waals surface area (Å²) in [4.78, 5) is 12.3. The minimum atomic E-state index is -0.668. The van der Waals surface area contributed by atoms with E-state index in [1.165, 1.54) is 23.5 Å². The minimum absolute atomic E-state index is 0.0222. The molecule has 5 nitrogen and oxygen atoms in total. The summed E-state index contributed by atoms with van der Waals surface area (Å²) in [6, 6.07) is 7.24. The fourth-order valence-electron chi connectivity index (χ4n) is 1.45. The molecule has 0 unspecified atom stereocenters. The zero-order valence-corrected chi connectivity index (χ0v) is 12.3. The third-order valence-electron chi connectivity index (χ3n) is 2.42. The maximum atomic E-state index is 13.8. The van der Waals surface area contributed by atoms with Gasteiger partial charge in [-0.2, -0.15) is 0 Å². The maximum absolute atomic E-state index is 13.8. The van der Waals surface area contributed by atoms with E-state index in [2.05, 4.69) is 26.4 Å². The molecule has 0 radical (unpaired) electrons. The van der Waals surface area contributed by atoms with Gasteiger partial charge in [-0.05, 0) is 46.3 Å². The summed E-state index contributed by atoms with van der Waals surface area (Å²) in [5.41, 5.74) is 5.60. The Labute approximate surface area is 126 Å². The monoisotopic (exact) mass is 357 g/mol. The number of thiophene rings is 1. The lowest BCUT2D eigenvalue weighted by molar-refractivity contribution is 0.103. The smallest absolute Gasteiger partial charge is 0.265 e. The molecular weight excluding hydrogens is 349 g/mol. The van der Waals surface area contributed by atoms with Crippen LogP contribution in [0.1, 0.15) is 15.2 Å². The van der Waals surface area contributed by atoms with Crippen molar-refractivity contribution in [1.82, 2.24) is 0 Å². The van der Waals surface area contributed by atoms with Crippen molar-refractivity contribution in [2.75, 3.05) is 5.32 Å². The van der Waals surface area contributed by atoms with Crippen molar-refractivity contribution in [3.8, 4) is 0 Å².